The fraction of sp³-hybridized carbons (Fsp3) is 0.700. The lowest BCUT2D eigenvalue weighted by Crippen LogP contribution is -2.05. The van der Waals surface area contributed by atoms with Gasteiger partial charge in [0.25, 0.3) is 0 Å². The number of anilines is 1. The number of aryl methyl sites for hydroxylation is 2. The SMILES string of the molecule is Cc1cc(NCC2CC2C)nn1C. The Hall–Kier alpha value is -0.990. The highest BCUT2D eigenvalue weighted by atomic mass is 15.3. The van der Waals surface area contributed by atoms with E-state index >= 15 is 0 Å². The molecule has 0 amide bonds. The minimum Gasteiger partial charge on any atom is -0.368 e. The summed E-state index contributed by atoms with van der Waals surface area (Å²) in [5.74, 6) is 2.80. The van der Waals surface area contributed by atoms with E-state index in [-0.39, 0.29) is 0 Å². The molecule has 1 aromatic heterocycles. The van der Waals surface area contributed by atoms with E-state index in [2.05, 4.69) is 30.3 Å². The molecule has 1 aliphatic rings. The zero-order valence-electron chi connectivity index (χ0n) is 8.54. The summed E-state index contributed by atoms with van der Waals surface area (Å²) in [4.78, 5) is 0. The Morgan fingerprint density at radius 3 is 2.85 bits per heavy atom. The van der Waals surface area contributed by atoms with Crippen molar-refractivity contribution in [3.05, 3.63) is 11.8 Å². The van der Waals surface area contributed by atoms with Gasteiger partial charge in [0, 0.05) is 25.4 Å². The quantitative estimate of drug-likeness (QED) is 0.766. The van der Waals surface area contributed by atoms with E-state index in [0.717, 1.165) is 24.2 Å². The van der Waals surface area contributed by atoms with Gasteiger partial charge in [0.15, 0.2) is 0 Å². The minimum absolute atomic E-state index is 0.877. The van der Waals surface area contributed by atoms with Crippen molar-refractivity contribution in [1.29, 1.82) is 0 Å². The molecule has 0 radical (unpaired) electrons. The predicted molar refractivity (Wildman–Crippen MR) is 53.7 cm³/mol. The molecule has 1 heterocycles. The van der Waals surface area contributed by atoms with Gasteiger partial charge >= 0.3 is 0 Å². The van der Waals surface area contributed by atoms with Crippen LogP contribution in [0.25, 0.3) is 0 Å². The summed E-state index contributed by atoms with van der Waals surface area (Å²) in [6, 6.07) is 2.09. The molecule has 2 unspecified atom stereocenters. The van der Waals surface area contributed by atoms with Crippen LogP contribution in [0, 0.1) is 18.8 Å². The van der Waals surface area contributed by atoms with Crippen LogP contribution in [0.15, 0.2) is 6.07 Å². The van der Waals surface area contributed by atoms with E-state index in [4.69, 9.17) is 0 Å². The van der Waals surface area contributed by atoms with Crippen LogP contribution in [-0.2, 0) is 7.05 Å². The van der Waals surface area contributed by atoms with Crippen molar-refractivity contribution in [2.75, 3.05) is 11.9 Å². The van der Waals surface area contributed by atoms with Gasteiger partial charge in [0.1, 0.15) is 5.82 Å². The molecule has 3 nitrogen and oxygen atoms in total. The zero-order chi connectivity index (χ0) is 9.42. The first-order valence-corrected chi connectivity index (χ1v) is 4.91. The molecule has 1 aliphatic carbocycles. The topological polar surface area (TPSA) is 29.9 Å². The maximum Gasteiger partial charge on any atom is 0.148 e. The van der Waals surface area contributed by atoms with Gasteiger partial charge < -0.3 is 5.32 Å². The molecule has 0 aromatic carbocycles. The molecule has 0 aliphatic heterocycles. The van der Waals surface area contributed by atoms with Crippen LogP contribution < -0.4 is 5.32 Å². The van der Waals surface area contributed by atoms with Gasteiger partial charge in [0.05, 0.1) is 0 Å². The van der Waals surface area contributed by atoms with Crippen molar-refractivity contribution in [3.63, 3.8) is 0 Å². The number of hydrogen-bond acceptors (Lipinski definition) is 2. The van der Waals surface area contributed by atoms with Crippen molar-refractivity contribution in [1.82, 2.24) is 9.78 Å². The van der Waals surface area contributed by atoms with Gasteiger partial charge in [-0.25, -0.2) is 0 Å². The Morgan fingerprint density at radius 2 is 2.38 bits per heavy atom. The summed E-state index contributed by atoms with van der Waals surface area (Å²) in [5.41, 5.74) is 1.20. The summed E-state index contributed by atoms with van der Waals surface area (Å²) in [6.07, 6.45) is 1.37. The summed E-state index contributed by atoms with van der Waals surface area (Å²) in [7, 11) is 1.97. The lowest BCUT2D eigenvalue weighted by molar-refractivity contribution is 0.734. The summed E-state index contributed by atoms with van der Waals surface area (Å²) >= 11 is 0. The Labute approximate surface area is 79.1 Å². The van der Waals surface area contributed by atoms with E-state index in [0.29, 0.717) is 0 Å². The average Bonchev–Trinajstić information content (AvgIpc) is 2.68. The van der Waals surface area contributed by atoms with Crippen LogP contribution in [0.4, 0.5) is 5.82 Å². The van der Waals surface area contributed by atoms with Gasteiger partial charge in [-0.15, -0.1) is 0 Å². The number of hydrogen-bond donors (Lipinski definition) is 1. The van der Waals surface area contributed by atoms with E-state index in [1.807, 2.05) is 11.7 Å². The van der Waals surface area contributed by atoms with E-state index < -0.39 is 0 Å². The third kappa shape index (κ3) is 1.85. The van der Waals surface area contributed by atoms with Gasteiger partial charge in [-0.2, -0.15) is 5.10 Å². The Kier molecular flexibility index (Phi) is 2.02. The van der Waals surface area contributed by atoms with Crippen LogP contribution in [-0.4, -0.2) is 16.3 Å². The Bertz CT molecular complexity index is 284. The van der Waals surface area contributed by atoms with Gasteiger partial charge in [-0.1, -0.05) is 6.92 Å². The molecule has 0 saturated heterocycles. The fourth-order valence-corrected chi connectivity index (χ4v) is 1.57. The highest BCUT2D eigenvalue weighted by Crippen LogP contribution is 2.37. The molecule has 1 saturated carbocycles. The number of rotatable bonds is 3. The van der Waals surface area contributed by atoms with Crippen molar-refractivity contribution in [2.24, 2.45) is 18.9 Å². The number of aromatic nitrogens is 2. The maximum atomic E-state index is 4.34. The van der Waals surface area contributed by atoms with Crippen LogP contribution in [0.2, 0.25) is 0 Å². The Balaban J connectivity index is 1.87. The third-order valence-corrected chi connectivity index (χ3v) is 2.94. The largest absolute Gasteiger partial charge is 0.368 e. The van der Waals surface area contributed by atoms with Crippen molar-refractivity contribution in [3.8, 4) is 0 Å². The Morgan fingerprint density at radius 1 is 1.69 bits per heavy atom. The summed E-state index contributed by atoms with van der Waals surface area (Å²) in [5, 5.41) is 7.71. The normalized spacial score (nSPS) is 26.1. The fourth-order valence-electron chi connectivity index (χ4n) is 1.57. The van der Waals surface area contributed by atoms with Crippen LogP contribution in [0.5, 0.6) is 0 Å². The monoisotopic (exact) mass is 179 g/mol. The number of nitrogens with zero attached hydrogens (tertiary/aromatic N) is 2. The second-order valence-electron chi connectivity index (χ2n) is 4.15. The van der Waals surface area contributed by atoms with Crippen molar-refractivity contribution >= 4 is 5.82 Å². The number of nitrogens with one attached hydrogen (secondary N) is 1. The third-order valence-electron chi connectivity index (χ3n) is 2.94. The molecular weight excluding hydrogens is 162 g/mol. The van der Waals surface area contributed by atoms with Gasteiger partial charge in [-0.3, -0.25) is 4.68 Å². The molecule has 1 fully saturated rings. The van der Waals surface area contributed by atoms with Crippen LogP contribution >= 0.6 is 0 Å². The molecule has 0 bridgehead atoms. The molecule has 13 heavy (non-hydrogen) atoms. The first-order chi connectivity index (χ1) is 6.16. The van der Waals surface area contributed by atoms with Crippen LogP contribution in [0.1, 0.15) is 19.0 Å². The van der Waals surface area contributed by atoms with Gasteiger partial charge in [0.2, 0.25) is 0 Å². The van der Waals surface area contributed by atoms with E-state index in [1.165, 1.54) is 12.1 Å². The lowest BCUT2D eigenvalue weighted by Gasteiger charge is -1.99. The first-order valence-electron chi connectivity index (χ1n) is 4.91. The molecule has 72 valence electrons. The van der Waals surface area contributed by atoms with Crippen molar-refractivity contribution < 1.29 is 0 Å². The second-order valence-corrected chi connectivity index (χ2v) is 4.15. The minimum atomic E-state index is 0.877. The average molecular weight is 179 g/mol. The van der Waals surface area contributed by atoms with Crippen LogP contribution in [0.3, 0.4) is 0 Å². The summed E-state index contributed by atoms with van der Waals surface area (Å²) < 4.78 is 1.90. The zero-order valence-corrected chi connectivity index (χ0v) is 8.54. The van der Waals surface area contributed by atoms with E-state index in [1.54, 1.807) is 0 Å². The smallest absolute Gasteiger partial charge is 0.148 e. The summed E-state index contributed by atoms with van der Waals surface area (Å²) in [6.45, 7) is 5.45. The van der Waals surface area contributed by atoms with E-state index in [9.17, 15) is 0 Å². The van der Waals surface area contributed by atoms with Gasteiger partial charge in [-0.05, 0) is 25.2 Å². The van der Waals surface area contributed by atoms with Crippen molar-refractivity contribution in [2.45, 2.75) is 20.3 Å². The molecule has 0 spiro atoms. The standard InChI is InChI=1S/C10H17N3/c1-7-4-9(7)6-11-10-5-8(2)13(3)12-10/h5,7,9H,4,6H2,1-3H3,(H,11,12). The molecule has 1 aromatic rings. The predicted octanol–water partition coefficient (Wildman–Crippen LogP) is 1.80. The molecule has 2 rings (SSSR count). The highest BCUT2D eigenvalue weighted by Gasteiger charge is 2.31. The molecule has 1 N–H and O–H groups in total. The molecular formula is C10H17N3. The maximum absolute atomic E-state index is 4.34. The lowest BCUT2D eigenvalue weighted by atomic mass is 10.3. The highest BCUT2D eigenvalue weighted by molar-refractivity contribution is 5.35. The molecule has 2 atom stereocenters. The second kappa shape index (κ2) is 3.05. The molecule has 3 heteroatoms. The first kappa shape index (κ1) is 8.60.